The number of aliphatic carboxylic acids is 1. The minimum atomic E-state index is -1.52. The highest BCUT2D eigenvalue weighted by Gasteiger charge is 2.37. The largest absolute Gasteiger partial charge is 0.480 e. The lowest BCUT2D eigenvalue weighted by molar-refractivity contribution is -0.144. The zero-order valence-corrected chi connectivity index (χ0v) is 19.5. The first-order chi connectivity index (χ1) is 16.1. The summed E-state index contributed by atoms with van der Waals surface area (Å²) in [6, 6.07) is -4.10. The summed E-state index contributed by atoms with van der Waals surface area (Å²) < 4.78 is 0. The van der Waals surface area contributed by atoms with Crippen LogP contribution in [-0.2, 0) is 24.0 Å². The second-order valence-electron chi connectivity index (χ2n) is 8.50. The Morgan fingerprint density at radius 1 is 0.941 bits per heavy atom. The summed E-state index contributed by atoms with van der Waals surface area (Å²) >= 11 is 0. The van der Waals surface area contributed by atoms with E-state index in [0.717, 1.165) is 6.42 Å². The fourth-order valence-corrected chi connectivity index (χ4v) is 3.85. The van der Waals surface area contributed by atoms with Crippen LogP contribution < -0.4 is 33.6 Å². The van der Waals surface area contributed by atoms with Crippen molar-refractivity contribution in [2.75, 3.05) is 19.6 Å². The molecule has 1 heterocycles. The molecule has 1 aliphatic rings. The minimum absolute atomic E-state index is 0.205. The number of primary amides is 1. The molecule has 1 saturated heterocycles. The predicted molar refractivity (Wildman–Crippen MR) is 124 cm³/mol. The van der Waals surface area contributed by atoms with Crippen molar-refractivity contribution in [2.24, 2.45) is 22.9 Å². The molecule has 11 N–H and O–H groups in total. The lowest BCUT2D eigenvalue weighted by Gasteiger charge is -2.28. The summed E-state index contributed by atoms with van der Waals surface area (Å²) in [4.78, 5) is 62.5. The summed E-state index contributed by atoms with van der Waals surface area (Å²) in [6.45, 7) is 1.27. The van der Waals surface area contributed by atoms with Gasteiger partial charge in [0.2, 0.25) is 23.6 Å². The number of carboxylic acids is 1. The van der Waals surface area contributed by atoms with Crippen molar-refractivity contribution in [3.8, 4) is 0 Å². The number of likely N-dealkylation sites (tertiary alicyclic amines) is 1. The molecule has 1 rings (SSSR count). The number of hydrogen-bond donors (Lipinski definition) is 7. The van der Waals surface area contributed by atoms with Gasteiger partial charge < -0.3 is 43.6 Å². The van der Waals surface area contributed by atoms with Gasteiger partial charge in [-0.2, -0.15) is 0 Å². The van der Waals surface area contributed by atoms with E-state index in [-0.39, 0.29) is 12.3 Å². The third kappa shape index (κ3) is 9.61. The number of carbonyl (C=O) groups excluding carboxylic acids is 4. The Balaban J connectivity index is 2.87. The number of unbranched alkanes of at least 4 members (excludes halogenated alkanes) is 2. The number of carbonyl (C=O) groups is 5. The smallest absolute Gasteiger partial charge is 0.326 e. The van der Waals surface area contributed by atoms with Gasteiger partial charge in [-0.25, -0.2) is 4.79 Å². The van der Waals surface area contributed by atoms with Gasteiger partial charge in [-0.05, 0) is 58.0 Å². The molecule has 194 valence electrons. The molecule has 0 aromatic carbocycles. The van der Waals surface area contributed by atoms with Gasteiger partial charge in [-0.15, -0.1) is 0 Å². The summed E-state index contributed by atoms with van der Waals surface area (Å²) in [5.74, 6) is -3.91. The van der Waals surface area contributed by atoms with Crippen LogP contribution in [0.2, 0.25) is 0 Å². The van der Waals surface area contributed by atoms with Crippen LogP contribution in [0.15, 0.2) is 0 Å². The normalized spacial score (nSPS) is 18.1. The van der Waals surface area contributed by atoms with E-state index in [4.69, 9.17) is 22.9 Å². The third-order valence-electron chi connectivity index (χ3n) is 5.72. The van der Waals surface area contributed by atoms with Crippen molar-refractivity contribution >= 4 is 29.6 Å². The molecule has 0 bridgehead atoms. The van der Waals surface area contributed by atoms with Gasteiger partial charge in [-0.1, -0.05) is 6.42 Å². The Hall–Kier alpha value is -2.77. The number of nitrogens with one attached hydrogen (secondary N) is 2. The van der Waals surface area contributed by atoms with E-state index in [1.54, 1.807) is 0 Å². The van der Waals surface area contributed by atoms with E-state index in [0.29, 0.717) is 58.2 Å². The van der Waals surface area contributed by atoms with Crippen LogP contribution in [0.3, 0.4) is 0 Å². The molecule has 34 heavy (non-hydrogen) atoms. The second-order valence-corrected chi connectivity index (χ2v) is 8.50. The summed E-state index contributed by atoms with van der Waals surface area (Å²) in [7, 11) is 0. The summed E-state index contributed by atoms with van der Waals surface area (Å²) in [5, 5.41) is 14.2. The fourth-order valence-electron chi connectivity index (χ4n) is 3.85. The molecule has 4 amide bonds. The lowest BCUT2D eigenvalue weighted by atomic mass is 10.1. The molecule has 1 aliphatic heterocycles. The van der Waals surface area contributed by atoms with E-state index < -0.39 is 54.3 Å². The zero-order valence-electron chi connectivity index (χ0n) is 19.5. The molecule has 0 saturated carbocycles. The molecule has 13 heteroatoms. The number of nitrogens with zero attached hydrogens (tertiary/aromatic N) is 1. The quantitative estimate of drug-likeness (QED) is 0.114. The van der Waals surface area contributed by atoms with Crippen molar-refractivity contribution in [3.05, 3.63) is 0 Å². The van der Waals surface area contributed by atoms with Gasteiger partial charge >= 0.3 is 5.97 Å². The highest BCUT2D eigenvalue weighted by Crippen LogP contribution is 2.20. The summed E-state index contributed by atoms with van der Waals surface area (Å²) in [6.07, 6.45) is 3.66. The van der Waals surface area contributed by atoms with Crippen LogP contribution in [0.1, 0.15) is 57.8 Å². The Bertz CT molecular complexity index is 720. The molecule has 1 fully saturated rings. The molecule has 0 spiro atoms. The maximum absolute atomic E-state index is 13.0. The molecule has 0 radical (unpaired) electrons. The maximum atomic E-state index is 13.0. The van der Waals surface area contributed by atoms with E-state index in [1.807, 2.05) is 0 Å². The van der Waals surface area contributed by atoms with E-state index >= 15 is 0 Å². The van der Waals surface area contributed by atoms with Gasteiger partial charge in [0.05, 0.1) is 12.5 Å². The Morgan fingerprint density at radius 3 is 2.12 bits per heavy atom. The predicted octanol–water partition coefficient (Wildman–Crippen LogP) is -2.51. The van der Waals surface area contributed by atoms with Gasteiger partial charge in [0.25, 0.3) is 0 Å². The molecule has 0 aliphatic carbocycles. The minimum Gasteiger partial charge on any atom is -0.480 e. The molecular weight excluding hydrogens is 446 g/mol. The van der Waals surface area contributed by atoms with Gasteiger partial charge in [-0.3, -0.25) is 19.2 Å². The van der Waals surface area contributed by atoms with Crippen molar-refractivity contribution in [1.82, 2.24) is 15.5 Å². The average Bonchev–Trinajstić information content (AvgIpc) is 3.27. The van der Waals surface area contributed by atoms with E-state index in [9.17, 15) is 29.1 Å². The average molecular weight is 486 g/mol. The molecule has 4 atom stereocenters. The second kappa shape index (κ2) is 15.2. The van der Waals surface area contributed by atoms with Gasteiger partial charge in [0.15, 0.2) is 0 Å². The summed E-state index contributed by atoms with van der Waals surface area (Å²) in [5.41, 5.74) is 22.1. The standard InChI is InChI=1S/C21H39N7O6/c22-9-3-1-6-13(24)20(32)28-11-5-8-16(28)19(31)26-14(7-2-4-10-23)18(30)27-15(21(33)34)12-17(25)29/h13-16H,1-12,22-24H2,(H2,25,29)(H,26,31)(H,27,30)(H,33,34). The van der Waals surface area contributed by atoms with Crippen LogP contribution >= 0.6 is 0 Å². The molecule has 13 nitrogen and oxygen atoms in total. The highest BCUT2D eigenvalue weighted by molar-refractivity contribution is 5.95. The molecule has 0 aromatic heterocycles. The number of rotatable bonds is 16. The number of hydrogen-bond acceptors (Lipinski definition) is 8. The monoisotopic (exact) mass is 485 g/mol. The van der Waals surface area contributed by atoms with Crippen LogP contribution in [0, 0.1) is 0 Å². The van der Waals surface area contributed by atoms with Crippen molar-refractivity contribution in [1.29, 1.82) is 0 Å². The van der Waals surface area contributed by atoms with E-state index in [2.05, 4.69) is 10.6 Å². The number of nitrogens with two attached hydrogens (primary N) is 4. The Morgan fingerprint density at radius 2 is 1.56 bits per heavy atom. The first-order valence-electron chi connectivity index (χ1n) is 11.7. The molecular formula is C21H39N7O6. The topological polar surface area (TPSA) is 237 Å². The van der Waals surface area contributed by atoms with Crippen molar-refractivity contribution in [2.45, 2.75) is 82.0 Å². The maximum Gasteiger partial charge on any atom is 0.326 e. The van der Waals surface area contributed by atoms with Crippen molar-refractivity contribution in [3.63, 3.8) is 0 Å². The van der Waals surface area contributed by atoms with Crippen LogP contribution in [0.25, 0.3) is 0 Å². The van der Waals surface area contributed by atoms with Gasteiger partial charge in [0, 0.05) is 6.54 Å². The third-order valence-corrected chi connectivity index (χ3v) is 5.72. The van der Waals surface area contributed by atoms with Gasteiger partial charge in [0.1, 0.15) is 18.1 Å². The van der Waals surface area contributed by atoms with Crippen LogP contribution in [0.4, 0.5) is 0 Å². The first-order valence-corrected chi connectivity index (χ1v) is 11.7. The Kier molecular flexibility index (Phi) is 13.1. The van der Waals surface area contributed by atoms with Crippen molar-refractivity contribution < 1.29 is 29.1 Å². The number of carboxylic acid groups (broad SMARTS) is 1. The highest BCUT2D eigenvalue weighted by atomic mass is 16.4. The van der Waals surface area contributed by atoms with Crippen LogP contribution in [-0.4, -0.2) is 83.4 Å². The number of amides is 4. The SMILES string of the molecule is NCCCCC(N)C(=O)N1CCCC1C(=O)NC(CCCCN)C(=O)NC(CC(N)=O)C(=O)O. The first kappa shape index (κ1) is 29.3. The molecule has 0 aromatic rings. The van der Waals surface area contributed by atoms with E-state index in [1.165, 1.54) is 4.90 Å². The molecule has 4 unspecified atom stereocenters. The Labute approximate surface area is 199 Å². The zero-order chi connectivity index (χ0) is 25.7. The fraction of sp³-hybridized carbons (Fsp3) is 0.762. The lowest BCUT2D eigenvalue weighted by Crippen LogP contribution is -2.56. The van der Waals surface area contributed by atoms with Crippen LogP contribution in [0.5, 0.6) is 0 Å².